The van der Waals surface area contributed by atoms with Crippen LogP contribution < -0.4 is 10.6 Å². The van der Waals surface area contributed by atoms with Gasteiger partial charge in [0.25, 0.3) is 11.8 Å². The van der Waals surface area contributed by atoms with Crippen molar-refractivity contribution in [3.63, 3.8) is 0 Å². The van der Waals surface area contributed by atoms with Crippen LogP contribution >= 0.6 is 0 Å². The second-order valence-corrected chi connectivity index (χ2v) is 16.0. The van der Waals surface area contributed by atoms with Gasteiger partial charge in [0.05, 0.1) is 35.9 Å². The number of carbonyl (C=O) groups is 4. The second kappa shape index (κ2) is 18.2. The second-order valence-electron chi connectivity index (χ2n) is 16.0. The fourth-order valence-corrected chi connectivity index (χ4v) is 8.72. The van der Waals surface area contributed by atoms with E-state index >= 15 is 0 Å². The maximum Gasteiger partial charge on any atom is 0.405 e. The van der Waals surface area contributed by atoms with Crippen molar-refractivity contribution < 1.29 is 29.4 Å². The van der Waals surface area contributed by atoms with Crippen LogP contribution in [0.2, 0.25) is 0 Å². The van der Waals surface area contributed by atoms with Gasteiger partial charge in [0.2, 0.25) is 0 Å². The van der Waals surface area contributed by atoms with Crippen molar-refractivity contribution in [1.82, 2.24) is 45.3 Å². The van der Waals surface area contributed by atoms with Crippen molar-refractivity contribution in [2.75, 3.05) is 27.2 Å². The number of carbonyl (C=O) groups excluding carboxylic acids is 2. The molecule has 15 nitrogen and oxygen atoms in total. The number of aromatic amines is 2. The molecule has 62 heavy (non-hydrogen) atoms. The Morgan fingerprint density at radius 1 is 0.661 bits per heavy atom. The Morgan fingerprint density at radius 2 is 1.11 bits per heavy atom. The minimum absolute atomic E-state index is 0.312. The number of imidazole rings is 2. The molecule has 2 aliphatic heterocycles. The number of nitrogens with zero attached hydrogens (tertiary/aromatic N) is 5. The first-order valence-corrected chi connectivity index (χ1v) is 20.7. The molecule has 2 aromatic heterocycles. The number of rotatable bonds is 13. The summed E-state index contributed by atoms with van der Waals surface area (Å²) in [6.07, 6.45) is 3.98. The molecule has 4 heterocycles. The first-order valence-electron chi connectivity index (χ1n) is 20.7. The van der Waals surface area contributed by atoms with Crippen LogP contribution in [0.15, 0.2) is 116 Å². The van der Waals surface area contributed by atoms with Gasteiger partial charge < -0.3 is 45.5 Å². The van der Waals surface area contributed by atoms with Gasteiger partial charge in [-0.3, -0.25) is 9.59 Å². The van der Waals surface area contributed by atoms with E-state index in [4.69, 9.17) is 9.97 Å². The van der Waals surface area contributed by atoms with E-state index in [9.17, 15) is 29.4 Å². The zero-order valence-corrected chi connectivity index (χ0v) is 34.5. The lowest BCUT2D eigenvalue weighted by Gasteiger charge is -2.28. The molecule has 8 rings (SSSR count). The van der Waals surface area contributed by atoms with E-state index in [2.05, 4.69) is 55.8 Å². The number of H-pyrrole nitrogens is 2. The maximum atomic E-state index is 13.9. The first-order chi connectivity index (χ1) is 30.0. The molecule has 0 spiro atoms. The van der Waals surface area contributed by atoms with E-state index < -0.39 is 24.3 Å². The van der Waals surface area contributed by atoms with Gasteiger partial charge in [-0.15, -0.1) is 0 Å². The van der Waals surface area contributed by atoms with Gasteiger partial charge in [0.15, 0.2) is 0 Å². The summed E-state index contributed by atoms with van der Waals surface area (Å²) >= 11 is 0. The number of carboxylic acid groups (broad SMARTS) is 2. The highest BCUT2D eigenvalue weighted by Crippen LogP contribution is 2.37. The van der Waals surface area contributed by atoms with E-state index in [1.54, 1.807) is 70.7 Å². The lowest BCUT2D eigenvalue weighted by Crippen LogP contribution is -2.42. The van der Waals surface area contributed by atoms with Crippen LogP contribution in [0.4, 0.5) is 9.59 Å². The molecule has 4 amide bonds. The fourth-order valence-electron chi connectivity index (χ4n) is 8.72. The Labute approximate surface area is 358 Å². The number of hydrogen-bond donors (Lipinski definition) is 6. The van der Waals surface area contributed by atoms with Crippen LogP contribution in [-0.4, -0.2) is 96.0 Å². The number of benzene rings is 4. The van der Waals surface area contributed by atoms with Crippen LogP contribution in [0.25, 0.3) is 33.6 Å². The SMILES string of the molecule is CN(C)Cc1cc(-c2cnc([C@@H]3CCCN3C(=O)[C@H](NC(=O)O)c3ccccc3)[nH]2)ccc1-c1ccc(-c2cnc(C3CCCN3C(=O)C(NC(=O)O)c3ccccc3)[nH]2)cc1. The smallest absolute Gasteiger partial charge is 0.405 e. The molecule has 0 radical (unpaired) electrons. The van der Waals surface area contributed by atoms with Crippen LogP contribution in [0.5, 0.6) is 0 Å². The fraction of sp³-hybridized carbons (Fsp3) is 0.277. The number of likely N-dealkylation sites (tertiary alicyclic amines) is 2. The average molecular weight is 836 g/mol. The van der Waals surface area contributed by atoms with Crippen molar-refractivity contribution >= 4 is 24.0 Å². The quantitative estimate of drug-likeness (QED) is 0.0680. The van der Waals surface area contributed by atoms with Crippen molar-refractivity contribution in [2.45, 2.75) is 56.4 Å². The molecule has 4 atom stereocenters. The highest BCUT2D eigenvalue weighted by Gasteiger charge is 2.38. The third kappa shape index (κ3) is 8.93. The Bertz CT molecular complexity index is 2540. The molecule has 2 fully saturated rings. The molecule has 318 valence electrons. The Kier molecular flexibility index (Phi) is 12.1. The summed E-state index contributed by atoms with van der Waals surface area (Å²) in [7, 11) is 4.06. The Morgan fingerprint density at radius 3 is 1.58 bits per heavy atom. The van der Waals surface area contributed by atoms with Crippen molar-refractivity contribution in [3.05, 3.63) is 144 Å². The summed E-state index contributed by atoms with van der Waals surface area (Å²) in [4.78, 5) is 73.0. The topological polar surface area (TPSA) is 200 Å². The number of hydrogen-bond acceptors (Lipinski definition) is 7. The van der Waals surface area contributed by atoms with E-state index in [0.29, 0.717) is 55.3 Å². The maximum absolute atomic E-state index is 13.9. The van der Waals surface area contributed by atoms with Crippen LogP contribution in [0, 0.1) is 0 Å². The number of aromatic nitrogens is 4. The minimum atomic E-state index is -1.27. The zero-order valence-electron chi connectivity index (χ0n) is 34.5. The van der Waals surface area contributed by atoms with Gasteiger partial charge >= 0.3 is 12.2 Å². The summed E-state index contributed by atoms with van der Waals surface area (Å²) in [5, 5.41) is 23.9. The molecule has 4 aromatic carbocycles. The lowest BCUT2D eigenvalue weighted by atomic mass is 9.95. The number of amides is 4. The normalized spacial score (nSPS) is 17.2. The molecule has 2 aliphatic rings. The summed E-state index contributed by atoms with van der Waals surface area (Å²) in [5.41, 5.74) is 7.89. The lowest BCUT2D eigenvalue weighted by molar-refractivity contribution is -0.135. The predicted octanol–water partition coefficient (Wildman–Crippen LogP) is 7.54. The molecule has 6 N–H and O–H groups in total. The molecular weight excluding hydrogens is 787 g/mol. The van der Waals surface area contributed by atoms with E-state index in [-0.39, 0.29) is 23.9 Å². The molecule has 0 saturated carbocycles. The van der Waals surface area contributed by atoms with Gasteiger partial charge in [-0.05, 0) is 84.8 Å². The third-order valence-electron chi connectivity index (χ3n) is 11.6. The summed E-state index contributed by atoms with van der Waals surface area (Å²) < 4.78 is 0. The van der Waals surface area contributed by atoms with Gasteiger partial charge in [0, 0.05) is 19.6 Å². The van der Waals surface area contributed by atoms with E-state index in [0.717, 1.165) is 52.0 Å². The largest absolute Gasteiger partial charge is 0.465 e. The highest BCUT2D eigenvalue weighted by molar-refractivity contribution is 5.88. The Hall–Kier alpha value is -7.26. The highest BCUT2D eigenvalue weighted by atomic mass is 16.4. The molecule has 2 saturated heterocycles. The molecule has 0 bridgehead atoms. The minimum Gasteiger partial charge on any atom is -0.465 e. The summed E-state index contributed by atoms with van der Waals surface area (Å²) in [6.45, 7) is 1.68. The Balaban J connectivity index is 0.989. The first kappa shape index (κ1) is 41.5. The van der Waals surface area contributed by atoms with Crippen LogP contribution in [0.3, 0.4) is 0 Å². The summed E-state index contributed by atoms with van der Waals surface area (Å²) in [5.74, 6) is 0.685. The van der Waals surface area contributed by atoms with Gasteiger partial charge in [0.1, 0.15) is 23.7 Å². The van der Waals surface area contributed by atoms with Crippen LogP contribution in [0.1, 0.15) is 78.2 Å². The molecule has 0 aliphatic carbocycles. The van der Waals surface area contributed by atoms with Gasteiger partial charge in [-0.1, -0.05) is 97.1 Å². The van der Waals surface area contributed by atoms with E-state index in [1.807, 2.05) is 38.4 Å². The third-order valence-corrected chi connectivity index (χ3v) is 11.6. The number of nitrogens with one attached hydrogen (secondary N) is 4. The van der Waals surface area contributed by atoms with Crippen molar-refractivity contribution in [1.29, 1.82) is 0 Å². The van der Waals surface area contributed by atoms with Crippen LogP contribution in [-0.2, 0) is 16.1 Å². The van der Waals surface area contributed by atoms with Gasteiger partial charge in [-0.25, -0.2) is 19.6 Å². The molecular formula is C47H49N9O6. The molecule has 15 heteroatoms. The molecule has 6 aromatic rings. The monoisotopic (exact) mass is 835 g/mol. The standard InChI is InChI=1S/C47H49N9O6/c1-54(2)28-34-25-33(37-27-49-43(51-37)39-16-10-24-56(39)45(58)41(53-47(61)62)32-13-7-4-8-14-32)21-22-35(34)29-17-19-30(20-18-29)36-26-48-42(50-36)38-15-9-23-55(38)44(57)40(52-46(59)60)31-11-5-3-6-12-31/h3-8,11-14,17-22,25-27,38-41,52-53H,9-10,15-16,23-24,28H2,1-2H3,(H,48,50)(H,49,51)(H,59,60)(H,61,62)/t38?,39-,40?,41+/m0/s1. The predicted molar refractivity (Wildman–Crippen MR) is 232 cm³/mol. The van der Waals surface area contributed by atoms with E-state index in [1.165, 1.54) is 0 Å². The van der Waals surface area contributed by atoms with Gasteiger partial charge in [-0.2, -0.15) is 0 Å². The summed E-state index contributed by atoms with van der Waals surface area (Å²) in [6, 6.07) is 29.7. The average Bonchev–Trinajstić information content (AvgIpc) is 4.12. The molecule has 2 unspecified atom stereocenters. The zero-order chi connectivity index (χ0) is 43.3. The van der Waals surface area contributed by atoms with Crippen molar-refractivity contribution in [2.24, 2.45) is 0 Å². The van der Waals surface area contributed by atoms with Crippen molar-refractivity contribution in [3.8, 4) is 33.6 Å².